The van der Waals surface area contributed by atoms with Gasteiger partial charge in [0, 0.05) is 16.9 Å². The van der Waals surface area contributed by atoms with Crippen LogP contribution in [0, 0.1) is 5.82 Å². The maximum absolute atomic E-state index is 13.5. The quantitative estimate of drug-likeness (QED) is 0.734. The summed E-state index contributed by atoms with van der Waals surface area (Å²) in [4.78, 5) is 20.4. The zero-order chi connectivity index (χ0) is 18.6. The van der Waals surface area contributed by atoms with E-state index in [0.29, 0.717) is 11.4 Å². The summed E-state index contributed by atoms with van der Waals surface area (Å²) in [7, 11) is 0. The molecule has 1 amide bonds. The molecule has 1 aliphatic heterocycles. The molecule has 0 saturated carbocycles. The Morgan fingerprint density at radius 2 is 2.15 bits per heavy atom. The fraction of sp³-hybridized carbons (Fsp3) is 0.333. The molecule has 1 fully saturated rings. The minimum atomic E-state index is -0.278. The van der Waals surface area contributed by atoms with Crippen molar-refractivity contribution in [3.8, 4) is 0 Å². The Labute approximate surface area is 162 Å². The molecule has 140 valence electrons. The number of nitrogens with one attached hydrogen (secondary N) is 1. The molecule has 1 unspecified atom stereocenters. The van der Waals surface area contributed by atoms with E-state index in [1.807, 2.05) is 29.2 Å². The van der Waals surface area contributed by atoms with Gasteiger partial charge in [-0.3, -0.25) is 9.78 Å². The highest BCUT2D eigenvalue weighted by Gasteiger charge is 2.27. The monoisotopic (exact) mass is 383 g/mol. The van der Waals surface area contributed by atoms with Crippen molar-refractivity contribution >= 4 is 27.3 Å². The van der Waals surface area contributed by atoms with Crippen molar-refractivity contribution in [1.82, 2.24) is 15.2 Å². The molecule has 3 heterocycles. The van der Waals surface area contributed by atoms with Crippen LogP contribution < -0.4 is 5.32 Å². The zero-order valence-electron chi connectivity index (χ0n) is 15.0. The molecule has 3 aromatic rings. The molecule has 1 aromatic carbocycles. The molecule has 2 aromatic heterocycles. The van der Waals surface area contributed by atoms with Crippen LogP contribution in [0.4, 0.5) is 4.39 Å². The minimum Gasteiger partial charge on any atom is -0.329 e. The topological polar surface area (TPSA) is 45.2 Å². The first kappa shape index (κ1) is 18.1. The summed E-state index contributed by atoms with van der Waals surface area (Å²) in [5.41, 5.74) is 0.884. The van der Waals surface area contributed by atoms with Gasteiger partial charge in [0.05, 0.1) is 17.1 Å². The summed E-state index contributed by atoms with van der Waals surface area (Å²) >= 11 is 1.43. The number of halogens is 1. The first-order valence-corrected chi connectivity index (χ1v) is 10.1. The molecule has 0 spiro atoms. The van der Waals surface area contributed by atoms with Gasteiger partial charge in [-0.25, -0.2) is 4.39 Å². The van der Waals surface area contributed by atoms with Gasteiger partial charge in [-0.2, -0.15) is 0 Å². The number of fused-ring (bicyclic) bond motifs is 1. The van der Waals surface area contributed by atoms with Crippen LogP contribution in [0.2, 0.25) is 0 Å². The summed E-state index contributed by atoms with van der Waals surface area (Å²) in [5, 5.41) is 4.19. The SMILES string of the molecule is O=C(c1cc2cc(F)ccc2s1)N(Cc1ccccn1)C1CCCNCC1. The number of benzene rings is 1. The summed E-state index contributed by atoms with van der Waals surface area (Å²) in [6.45, 7) is 2.39. The summed E-state index contributed by atoms with van der Waals surface area (Å²) in [6, 6.07) is 12.4. The van der Waals surface area contributed by atoms with Gasteiger partial charge in [-0.15, -0.1) is 11.3 Å². The van der Waals surface area contributed by atoms with Crippen molar-refractivity contribution in [1.29, 1.82) is 0 Å². The molecule has 1 aliphatic rings. The lowest BCUT2D eigenvalue weighted by Gasteiger charge is -2.30. The molecule has 1 N–H and O–H groups in total. The average Bonchev–Trinajstić information content (AvgIpc) is 2.92. The number of thiophene rings is 1. The third kappa shape index (κ3) is 4.17. The number of aromatic nitrogens is 1. The van der Waals surface area contributed by atoms with Crippen LogP contribution in [0.15, 0.2) is 48.7 Å². The maximum atomic E-state index is 13.5. The van der Waals surface area contributed by atoms with Gasteiger partial charge in [0.15, 0.2) is 0 Å². The third-order valence-electron chi connectivity index (χ3n) is 4.99. The summed E-state index contributed by atoms with van der Waals surface area (Å²) < 4.78 is 14.5. The van der Waals surface area contributed by atoms with Crippen LogP contribution in [-0.4, -0.2) is 34.9 Å². The number of nitrogens with zero attached hydrogens (tertiary/aromatic N) is 2. The Hall–Kier alpha value is -2.31. The third-order valence-corrected chi connectivity index (χ3v) is 6.10. The molecule has 0 radical (unpaired) electrons. The summed E-state index contributed by atoms with van der Waals surface area (Å²) in [5.74, 6) is -0.270. The normalized spacial score (nSPS) is 17.6. The predicted octanol–water partition coefficient (Wildman–Crippen LogP) is 4.22. The minimum absolute atomic E-state index is 0.00848. The lowest BCUT2D eigenvalue weighted by molar-refractivity contribution is 0.0647. The molecule has 1 saturated heterocycles. The molecule has 1 atom stereocenters. The Morgan fingerprint density at radius 1 is 1.22 bits per heavy atom. The number of carbonyl (C=O) groups is 1. The van der Waals surface area contributed by atoms with Gasteiger partial charge in [-0.1, -0.05) is 6.07 Å². The molecule has 27 heavy (non-hydrogen) atoms. The fourth-order valence-electron chi connectivity index (χ4n) is 3.61. The van der Waals surface area contributed by atoms with E-state index in [9.17, 15) is 9.18 Å². The van der Waals surface area contributed by atoms with E-state index in [1.54, 1.807) is 12.3 Å². The second kappa shape index (κ2) is 8.15. The molecule has 4 rings (SSSR count). The number of hydrogen-bond acceptors (Lipinski definition) is 4. The number of hydrogen-bond donors (Lipinski definition) is 1. The van der Waals surface area contributed by atoms with E-state index in [-0.39, 0.29) is 17.8 Å². The number of pyridine rings is 1. The fourth-order valence-corrected chi connectivity index (χ4v) is 4.61. The van der Waals surface area contributed by atoms with Gasteiger partial charge in [0.1, 0.15) is 5.82 Å². The zero-order valence-corrected chi connectivity index (χ0v) is 15.8. The van der Waals surface area contributed by atoms with Crippen molar-refractivity contribution in [3.05, 3.63) is 65.0 Å². The van der Waals surface area contributed by atoms with Crippen LogP contribution in [-0.2, 0) is 6.54 Å². The second-order valence-electron chi connectivity index (χ2n) is 6.88. The molecule has 4 nitrogen and oxygen atoms in total. The van der Waals surface area contributed by atoms with Gasteiger partial charge >= 0.3 is 0 Å². The van der Waals surface area contributed by atoms with E-state index in [4.69, 9.17) is 0 Å². The van der Waals surface area contributed by atoms with E-state index in [1.165, 1.54) is 23.5 Å². The van der Waals surface area contributed by atoms with E-state index in [0.717, 1.165) is 48.1 Å². The number of amides is 1. The molecule has 0 bridgehead atoms. The lowest BCUT2D eigenvalue weighted by Crippen LogP contribution is -2.40. The number of carbonyl (C=O) groups excluding carboxylic acids is 1. The largest absolute Gasteiger partial charge is 0.329 e. The van der Waals surface area contributed by atoms with Crippen molar-refractivity contribution in [2.75, 3.05) is 13.1 Å². The van der Waals surface area contributed by atoms with Crippen molar-refractivity contribution in [2.24, 2.45) is 0 Å². The Kier molecular flexibility index (Phi) is 5.45. The van der Waals surface area contributed by atoms with Crippen LogP contribution in [0.1, 0.15) is 34.6 Å². The summed E-state index contributed by atoms with van der Waals surface area (Å²) in [6.07, 6.45) is 4.71. The Morgan fingerprint density at radius 3 is 3.00 bits per heavy atom. The van der Waals surface area contributed by atoms with Gasteiger partial charge in [0.2, 0.25) is 0 Å². The van der Waals surface area contributed by atoms with Crippen LogP contribution >= 0.6 is 11.3 Å². The molecule has 6 heteroatoms. The highest BCUT2D eigenvalue weighted by atomic mass is 32.1. The van der Waals surface area contributed by atoms with Crippen molar-refractivity contribution < 1.29 is 9.18 Å². The first-order valence-electron chi connectivity index (χ1n) is 9.31. The molecule has 0 aliphatic carbocycles. The standard InChI is InChI=1S/C21H22FN3OS/c22-16-6-7-19-15(12-16)13-20(27-19)21(26)25(14-17-4-1-2-10-24-17)18-5-3-9-23-11-8-18/h1-2,4,6-7,10,12-13,18,23H,3,5,8-9,11,14H2. The average molecular weight is 383 g/mol. The van der Waals surface area contributed by atoms with Crippen LogP contribution in [0.25, 0.3) is 10.1 Å². The predicted molar refractivity (Wildman–Crippen MR) is 106 cm³/mol. The van der Waals surface area contributed by atoms with Crippen LogP contribution in [0.5, 0.6) is 0 Å². The van der Waals surface area contributed by atoms with E-state index >= 15 is 0 Å². The Bertz CT molecular complexity index is 920. The van der Waals surface area contributed by atoms with Gasteiger partial charge in [-0.05, 0) is 74.1 Å². The maximum Gasteiger partial charge on any atom is 0.264 e. The first-order chi connectivity index (χ1) is 13.2. The highest BCUT2D eigenvalue weighted by molar-refractivity contribution is 7.20. The van der Waals surface area contributed by atoms with Gasteiger partial charge in [0.25, 0.3) is 5.91 Å². The molecular formula is C21H22FN3OS. The van der Waals surface area contributed by atoms with Crippen molar-refractivity contribution in [2.45, 2.75) is 31.8 Å². The molecular weight excluding hydrogens is 361 g/mol. The Balaban J connectivity index is 1.65. The smallest absolute Gasteiger partial charge is 0.264 e. The second-order valence-corrected chi connectivity index (χ2v) is 7.97. The van der Waals surface area contributed by atoms with Crippen LogP contribution in [0.3, 0.4) is 0 Å². The van der Waals surface area contributed by atoms with E-state index in [2.05, 4.69) is 10.3 Å². The lowest BCUT2D eigenvalue weighted by atomic mass is 10.1. The van der Waals surface area contributed by atoms with E-state index < -0.39 is 0 Å². The number of rotatable bonds is 4. The van der Waals surface area contributed by atoms with Crippen molar-refractivity contribution in [3.63, 3.8) is 0 Å². The van der Waals surface area contributed by atoms with Gasteiger partial charge < -0.3 is 10.2 Å². The highest BCUT2D eigenvalue weighted by Crippen LogP contribution is 2.29.